The van der Waals surface area contributed by atoms with Crippen LogP contribution in [0.2, 0.25) is 0 Å². The zero-order chi connectivity index (χ0) is 19.3. The van der Waals surface area contributed by atoms with Gasteiger partial charge in [0.15, 0.2) is 6.61 Å². The van der Waals surface area contributed by atoms with Crippen LogP contribution in [0.15, 0.2) is 42.9 Å². The highest BCUT2D eigenvalue weighted by molar-refractivity contribution is 5.77. The van der Waals surface area contributed by atoms with Gasteiger partial charge >= 0.3 is 6.18 Å². The minimum Gasteiger partial charge on any atom is -0.484 e. The summed E-state index contributed by atoms with van der Waals surface area (Å²) in [5.74, 6) is 0.0828. The minimum atomic E-state index is -4.46. The lowest BCUT2D eigenvalue weighted by Crippen LogP contribution is -2.46. The summed E-state index contributed by atoms with van der Waals surface area (Å²) in [5.41, 5.74) is -0.817. The van der Waals surface area contributed by atoms with Crippen LogP contribution in [0.1, 0.15) is 18.4 Å². The minimum absolute atomic E-state index is 0.00236. The van der Waals surface area contributed by atoms with Crippen molar-refractivity contribution in [2.45, 2.75) is 25.1 Å². The number of halogens is 3. The first kappa shape index (κ1) is 18.9. The molecule has 1 saturated heterocycles. The second kappa shape index (κ2) is 8.24. The van der Waals surface area contributed by atoms with E-state index in [9.17, 15) is 18.0 Å². The van der Waals surface area contributed by atoms with E-state index < -0.39 is 11.7 Å². The van der Waals surface area contributed by atoms with Crippen molar-refractivity contribution in [3.63, 3.8) is 0 Å². The van der Waals surface area contributed by atoms with E-state index in [2.05, 4.69) is 9.97 Å². The zero-order valence-electron chi connectivity index (χ0n) is 14.4. The van der Waals surface area contributed by atoms with Crippen molar-refractivity contribution in [3.8, 4) is 11.6 Å². The topological polar surface area (TPSA) is 64.5 Å². The number of carbonyl (C=O) groups is 1. The molecule has 0 saturated carbocycles. The largest absolute Gasteiger partial charge is 0.484 e. The predicted molar refractivity (Wildman–Crippen MR) is 89.2 cm³/mol. The average Bonchev–Trinajstić information content (AvgIpc) is 2.67. The Hall–Kier alpha value is -2.84. The molecule has 3 rings (SSSR count). The summed E-state index contributed by atoms with van der Waals surface area (Å²) < 4.78 is 49.2. The predicted octanol–water partition coefficient (Wildman–Crippen LogP) is 2.94. The van der Waals surface area contributed by atoms with Crippen molar-refractivity contribution < 1.29 is 27.4 Å². The molecule has 1 aromatic carbocycles. The maximum absolute atomic E-state index is 12.7. The highest BCUT2D eigenvalue weighted by Gasteiger charge is 2.31. The number of amides is 1. The van der Waals surface area contributed by atoms with Gasteiger partial charge in [0.05, 0.1) is 18.3 Å². The quantitative estimate of drug-likeness (QED) is 0.797. The van der Waals surface area contributed by atoms with Gasteiger partial charge < -0.3 is 14.4 Å². The number of alkyl halides is 3. The third-order valence-corrected chi connectivity index (χ3v) is 4.08. The first-order valence-corrected chi connectivity index (χ1v) is 8.42. The smallest absolute Gasteiger partial charge is 0.416 e. The molecule has 0 bridgehead atoms. The van der Waals surface area contributed by atoms with Gasteiger partial charge in [0.2, 0.25) is 5.88 Å². The zero-order valence-corrected chi connectivity index (χ0v) is 14.4. The van der Waals surface area contributed by atoms with Crippen LogP contribution in [0.3, 0.4) is 0 Å². The molecule has 1 amide bonds. The number of carbonyl (C=O) groups excluding carboxylic acids is 1. The summed E-state index contributed by atoms with van der Waals surface area (Å²) in [6.45, 7) is 0.575. The van der Waals surface area contributed by atoms with Crippen LogP contribution in [-0.2, 0) is 11.0 Å². The van der Waals surface area contributed by atoms with Gasteiger partial charge in [0.1, 0.15) is 11.9 Å². The average molecular weight is 381 g/mol. The van der Waals surface area contributed by atoms with Gasteiger partial charge in [-0.3, -0.25) is 9.78 Å². The molecule has 0 spiro atoms. The second-order valence-corrected chi connectivity index (χ2v) is 6.08. The number of rotatable bonds is 5. The Morgan fingerprint density at radius 3 is 2.89 bits per heavy atom. The SMILES string of the molecule is O=C(COc1cccc(C(F)(F)F)c1)N1CCCC(Oc2cnccn2)C1. The van der Waals surface area contributed by atoms with Crippen LogP contribution >= 0.6 is 0 Å². The van der Waals surface area contributed by atoms with Crippen molar-refractivity contribution in [1.82, 2.24) is 14.9 Å². The summed E-state index contributed by atoms with van der Waals surface area (Å²) in [4.78, 5) is 21.9. The number of hydrogen-bond donors (Lipinski definition) is 0. The third kappa shape index (κ3) is 5.32. The molecule has 0 aliphatic carbocycles. The highest BCUT2D eigenvalue weighted by Crippen LogP contribution is 2.31. The van der Waals surface area contributed by atoms with Gasteiger partial charge in [0.25, 0.3) is 5.91 Å². The molecule has 0 radical (unpaired) electrons. The molecular weight excluding hydrogens is 363 g/mol. The Morgan fingerprint density at radius 2 is 2.15 bits per heavy atom. The van der Waals surface area contributed by atoms with Crippen LogP contribution in [0.25, 0.3) is 0 Å². The lowest BCUT2D eigenvalue weighted by molar-refractivity contribution is -0.137. The van der Waals surface area contributed by atoms with E-state index in [0.29, 0.717) is 19.0 Å². The second-order valence-electron chi connectivity index (χ2n) is 6.08. The van der Waals surface area contributed by atoms with E-state index in [1.807, 2.05) is 0 Å². The molecule has 144 valence electrons. The Bertz CT molecular complexity index is 771. The molecule has 1 aliphatic heterocycles. The van der Waals surface area contributed by atoms with Crippen LogP contribution in [0, 0.1) is 0 Å². The summed E-state index contributed by atoms with van der Waals surface area (Å²) in [6.07, 6.45) is 1.40. The van der Waals surface area contributed by atoms with Gasteiger partial charge in [-0.1, -0.05) is 6.07 Å². The van der Waals surface area contributed by atoms with E-state index in [1.54, 1.807) is 4.90 Å². The van der Waals surface area contributed by atoms with Crippen LogP contribution in [0.4, 0.5) is 13.2 Å². The van der Waals surface area contributed by atoms with Crippen LogP contribution in [0.5, 0.6) is 11.6 Å². The fourth-order valence-corrected chi connectivity index (χ4v) is 2.78. The van der Waals surface area contributed by atoms with Crippen molar-refractivity contribution in [2.24, 2.45) is 0 Å². The maximum atomic E-state index is 12.7. The van der Waals surface area contributed by atoms with Gasteiger partial charge in [-0.05, 0) is 31.0 Å². The van der Waals surface area contributed by atoms with Crippen LogP contribution in [-0.4, -0.2) is 46.6 Å². The maximum Gasteiger partial charge on any atom is 0.416 e. The standard InChI is InChI=1S/C18H18F3N3O3/c19-18(20,21)13-3-1-4-14(9-13)26-12-17(25)24-8-2-5-15(11-24)27-16-10-22-6-7-23-16/h1,3-4,6-7,9-10,15H,2,5,8,11-12H2. The number of nitrogens with zero attached hydrogens (tertiary/aromatic N) is 3. The summed E-state index contributed by atoms with van der Waals surface area (Å²) in [7, 11) is 0. The lowest BCUT2D eigenvalue weighted by Gasteiger charge is -2.32. The molecule has 2 heterocycles. The highest BCUT2D eigenvalue weighted by atomic mass is 19.4. The van der Waals surface area contributed by atoms with Crippen molar-refractivity contribution >= 4 is 5.91 Å². The number of hydrogen-bond acceptors (Lipinski definition) is 5. The molecule has 1 aliphatic rings. The molecule has 9 heteroatoms. The first-order chi connectivity index (χ1) is 12.9. The van der Waals surface area contributed by atoms with E-state index in [1.165, 1.54) is 30.7 Å². The molecule has 2 aromatic rings. The van der Waals surface area contributed by atoms with Crippen molar-refractivity contribution in [3.05, 3.63) is 48.4 Å². The monoisotopic (exact) mass is 381 g/mol. The van der Waals surface area contributed by atoms with E-state index in [0.717, 1.165) is 25.0 Å². The van der Waals surface area contributed by atoms with Gasteiger partial charge in [0, 0.05) is 18.9 Å². The van der Waals surface area contributed by atoms with Crippen molar-refractivity contribution in [1.29, 1.82) is 0 Å². The fraction of sp³-hybridized carbons (Fsp3) is 0.389. The van der Waals surface area contributed by atoms with Crippen molar-refractivity contribution in [2.75, 3.05) is 19.7 Å². The lowest BCUT2D eigenvalue weighted by atomic mass is 10.1. The fourth-order valence-electron chi connectivity index (χ4n) is 2.78. The molecule has 1 aromatic heterocycles. The summed E-state index contributed by atoms with van der Waals surface area (Å²) in [5, 5.41) is 0. The molecule has 1 atom stereocenters. The number of benzene rings is 1. The number of likely N-dealkylation sites (tertiary alicyclic amines) is 1. The van der Waals surface area contributed by atoms with Gasteiger partial charge in [-0.2, -0.15) is 13.2 Å². The van der Waals surface area contributed by atoms with E-state index >= 15 is 0 Å². The molecular formula is C18H18F3N3O3. The molecule has 6 nitrogen and oxygen atoms in total. The Labute approximate surface area is 153 Å². The summed E-state index contributed by atoms with van der Waals surface area (Å²) >= 11 is 0. The van der Waals surface area contributed by atoms with Crippen LogP contribution < -0.4 is 9.47 Å². The number of piperidine rings is 1. The van der Waals surface area contributed by atoms with Gasteiger partial charge in [-0.15, -0.1) is 0 Å². The molecule has 1 fully saturated rings. The molecule has 27 heavy (non-hydrogen) atoms. The van der Waals surface area contributed by atoms with Gasteiger partial charge in [-0.25, -0.2) is 4.98 Å². The summed E-state index contributed by atoms with van der Waals surface area (Å²) in [6, 6.07) is 4.46. The number of ether oxygens (including phenoxy) is 2. The van der Waals surface area contributed by atoms with E-state index in [4.69, 9.17) is 9.47 Å². The molecule has 1 unspecified atom stereocenters. The number of aromatic nitrogens is 2. The Morgan fingerprint density at radius 1 is 1.30 bits per heavy atom. The Balaban J connectivity index is 1.53. The molecule has 0 N–H and O–H groups in total. The normalized spacial score (nSPS) is 17.4. The van der Waals surface area contributed by atoms with E-state index in [-0.39, 0.29) is 24.4 Å². The third-order valence-electron chi connectivity index (χ3n) is 4.08. The first-order valence-electron chi connectivity index (χ1n) is 8.42. The Kier molecular flexibility index (Phi) is 5.78.